The van der Waals surface area contributed by atoms with Crippen LogP contribution in [-0.2, 0) is 4.79 Å². The highest BCUT2D eigenvalue weighted by Gasteiger charge is 2.13. The minimum atomic E-state index is -0.0318. The lowest BCUT2D eigenvalue weighted by Gasteiger charge is -2.11. The van der Waals surface area contributed by atoms with Crippen molar-refractivity contribution in [1.29, 1.82) is 0 Å². The van der Waals surface area contributed by atoms with Gasteiger partial charge in [0.25, 0.3) is 5.78 Å². The number of nitrogens with zero attached hydrogens (tertiary/aromatic N) is 4. The number of hydrogen-bond donors (Lipinski definition) is 1. The first-order valence-corrected chi connectivity index (χ1v) is 9.06. The quantitative estimate of drug-likeness (QED) is 0.719. The van der Waals surface area contributed by atoms with Gasteiger partial charge in [0.05, 0.1) is 11.8 Å². The highest BCUT2D eigenvalue weighted by Crippen LogP contribution is 2.19. The third kappa shape index (κ3) is 3.70. The molecule has 0 aliphatic heterocycles. The fourth-order valence-corrected chi connectivity index (χ4v) is 3.59. The lowest BCUT2D eigenvalue weighted by molar-refractivity contribution is -0.119. The first-order valence-electron chi connectivity index (χ1n) is 7.19. The summed E-state index contributed by atoms with van der Waals surface area (Å²) >= 11 is 2.95. The van der Waals surface area contributed by atoms with Gasteiger partial charge in [-0.05, 0) is 38.3 Å². The molecule has 23 heavy (non-hydrogen) atoms. The molecule has 0 aromatic carbocycles. The van der Waals surface area contributed by atoms with E-state index >= 15 is 0 Å². The van der Waals surface area contributed by atoms with Crippen molar-refractivity contribution < 1.29 is 4.79 Å². The Balaban J connectivity index is 1.62. The number of aryl methyl sites for hydroxylation is 2. The van der Waals surface area contributed by atoms with Gasteiger partial charge in [0.2, 0.25) is 11.1 Å². The van der Waals surface area contributed by atoms with Crippen molar-refractivity contribution in [3.05, 3.63) is 39.8 Å². The highest BCUT2D eigenvalue weighted by atomic mass is 32.2. The van der Waals surface area contributed by atoms with E-state index in [1.54, 1.807) is 15.9 Å². The largest absolute Gasteiger partial charge is 0.348 e. The first kappa shape index (κ1) is 15.9. The number of rotatable bonds is 5. The van der Waals surface area contributed by atoms with Gasteiger partial charge in [-0.25, -0.2) is 9.50 Å². The summed E-state index contributed by atoms with van der Waals surface area (Å²) in [6, 6.07) is 5.97. The number of thioether (sulfide) groups is 1. The predicted octanol–water partition coefficient (Wildman–Crippen LogP) is 2.77. The van der Waals surface area contributed by atoms with Crippen molar-refractivity contribution in [3.8, 4) is 0 Å². The zero-order chi connectivity index (χ0) is 16.4. The molecule has 0 saturated carbocycles. The molecule has 3 aromatic rings. The zero-order valence-corrected chi connectivity index (χ0v) is 14.7. The Hall–Kier alpha value is -1.93. The van der Waals surface area contributed by atoms with Crippen LogP contribution in [0.15, 0.2) is 28.7 Å². The molecule has 3 aromatic heterocycles. The molecule has 3 heterocycles. The van der Waals surface area contributed by atoms with Gasteiger partial charge in [0.15, 0.2) is 0 Å². The molecule has 120 valence electrons. The molecular formula is C15H17N5OS2. The second-order valence-electron chi connectivity index (χ2n) is 5.24. The summed E-state index contributed by atoms with van der Waals surface area (Å²) < 4.78 is 1.70. The summed E-state index contributed by atoms with van der Waals surface area (Å²) in [4.78, 5) is 21.9. The molecule has 0 fully saturated rings. The Kier molecular flexibility index (Phi) is 4.63. The molecule has 1 amide bonds. The average molecular weight is 347 g/mol. The molecule has 1 atom stereocenters. The number of carbonyl (C=O) groups excluding carboxylic acids is 1. The molecule has 3 rings (SSSR count). The van der Waals surface area contributed by atoms with Crippen LogP contribution in [0.3, 0.4) is 0 Å². The van der Waals surface area contributed by atoms with Gasteiger partial charge in [0.1, 0.15) is 0 Å². The van der Waals surface area contributed by atoms with Crippen LogP contribution in [0.4, 0.5) is 0 Å². The van der Waals surface area contributed by atoms with Crippen molar-refractivity contribution in [1.82, 2.24) is 24.9 Å². The Morgan fingerprint density at radius 2 is 2.26 bits per heavy atom. The second kappa shape index (κ2) is 6.67. The first-order chi connectivity index (χ1) is 11.0. The predicted molar refractivity (Wildman–Crippen MR) is 91.9 cm³/mol. The van der Waals surface area contributed by atoms with E-state index in [4.69, 9.17) is 0 Å². The van der Waals surface area contributed by atoms with Gasteiger partial charge >= 0.3 is 0 Å². The van der Waals surface area contributed by atoms with E-state index in [9.17, 15) is 4.79 Å². The van der Waals surface area contributed by atoms with E-state index in [1.807, 2.05) is 44.4 Å². The molecule has 6 nitrogen and oxygen atoms in total. The Bertz CT molecular complexity index is 828. The van der Waals surface area contributed by atoms with Crippen LogP contribution < -0.4 is 5.32 Å². The lowest BCUT2D eigenvalue weighted by Crippen LogP contribution is -2.27. The van der Waals surface area contributed by atoms with Gasteiger partial charge in [-0.1, -0.05) is 17.8 Å². The van der Waals surface area contributed by atoms with E-state index in [-0.39, 0.29) is 17.7 Å². The standard InChI is InChI=1S/C15H17N5OS2/c1-9-7-10(2)20-14(16-9)18-15(19-20)23-8-13(21)17-11(3)12-5-4-6-22-12/h4-7,11H,8H2,1-3H3,(H,17,21)/t11-/m0/s1. The Morgan fingerprint density at radius 1 is 1.43 bits per heavy atom. The average Bonchev–Trinajstić information content (AvgIpc) is 3.14. The number of carbonyl (C=O) groups is 1. The summed E-state index contributed by atoms with van der Waals surface area (Å²) in [5.74, 6) is 0.818. The number of aromatic nitrogens is 4. The van der Waals surface area contributed by atoms with Crippen molar-refractivity contribution in [2.45, 2.75) is 32.0 Å². The number of amides is 1. The normalized spacial score (nSPS) is 12.5. The number of fused-ring (bicyclic) bond motifs is 1. The highest BCUT2D eigenvalue weighted by molar-refractivity contribution is 7.99. The van der Waals surface area contributed by atoms with Crippen molar-refractivity contribution in [2.24, 2.45) is 0 Å². The van der Waals surface area contributed by atoms with E-state index in [2.05, 4.69) is 20.4 Å². The maximum atomic E-state index is 12.1. The van der Waals surface area contributed by atoms with Crippen molar-refractivity contribution >= 4 is 34.8 Å². The van der Waals surface area contributed by atoms with Crippen LogP contribution in [0.5, 0.6) is 0 Å². The molecule has 0 saturated heterocycles. The molecule has 1 N–H and O–H groups in total. The fraction of sp³-hybridized carbons (Fsp3) is 0.333. The van der Waals surface area contributed by atoms with Crippen LogP contribution in [0.2, 0.25) is 0 Å². The van der Waals surface area contributed by atoms with Gasteiger partial charge in [-0.15, -0.1) is 16.4 Å². The van der Waals surface area contributed by atoms with Crippen LogP contribution >= 0.6 is 23.1 Å². The summed E-state index contributed by atoms with van der Waals surface area (Å²) in [5.41, 5.74) is 1.88. The molecule has 0 aliphatic carbocycles. The van der Waals surface area contributed by atoms with Crippen LogP contribution in [0, 0.1) is 13.8 Å². The van der Waals surface area contributed by atoms with E-state index in [1.165, 1.54) is 11.8 Å². The maximum Gasteiger partial charge on any atom is 0.253 e. The van der Waals surface area contributed by atoms with E-state index < -0.39 is 0 Å². The summed E-state index contributed by atoms with van der Waals surface area (Å²) in [7, 11) is 0. The van der Waals surface area contributed by atoms with E-state index in [0.717, 1.165) is 16.3 Å². The molecule has 0 unspecified atom stereocenters. The Morgan fingerprint density at radius 3 is 3.00 bits per heavy atom. The zero-order valence-electron chi connectivity index (χ0n) is 13.1. The smallest absolute Gasteiger partial charge is 0.253 e. The summed E-state index contributed by atoms with van der Waals surface area (Å²) in [6.45, 7) is 5.86. The van der Waals surface area contributed by atoms with Crippen LogP contribution in [0.25, 0.3) is 5.78 Å². The number of thiophene rings is 1. The van der Waals surface area contributed by atoms with Gasteiger partial charge in [0, 0.05) is 16.3 Å². The minimum Gasteiger partial charge on any atom is -0.348 e. The van der Waals surface area contributed by atoms with Gasteiger partial charge in [-0.3, -0.25) is 4.79 Å². The monoisotopic (exact) mass is 347 g/mol. The van der Waals surface area contributed by atoms with Crippen LogP contribution in [-0.4, -0.2) is 31.2 Å². The van der Waals surface area contributed by atoms with Crippen molar-refractivity contribution in [3.63, 3.8) is 0 Å². The fourth-order valence-electron chi connectivity index (χ4n) is 2.23. The SMILES string of the molecule is Cc1cc(C)n2nc(SCC(=O)N[C@@H](C)c3cccs3)nc2n1. The molecule has 0 bridgehead atoms. The van der Waals surface area contributed by atoms with Crippen LogP contribution in [0.1, 0.15) is 29.2 Å². The maximum absolute atomic E-state index is 12.1. The molecule has 0 spiro atoms. The molecule has 8 heteroatoms. The molecular weight excluding hydrogens is 330 g/mol. The summed E-state index contributed by atoms with van der Waals surface area (Å²) in [5, 5.41) is 9.93. The van der Waals surface area contributed by atoms with Gasteiger partial charge < -0.3 is 5.32 Å². The topological polar surface area (TPSA) is 72.2 Å². The lowest BCUT2D eigenvalue weighted by atomic mass is 10.3. The second-order valence-corrected chi connectivity index (χ2v) is 7.16. The molecule has 0 radical (unpaired) electrons. The third-order valence-corrected chi connectivity index (χ3v) is 5.17. The van der Waals surface area contributed by atoms with E-state index in [0.29, 0.717) is 10.9 Å². The number of hydrogen-bond acceptors (Lipinski definition) is 6. The van der Waals surface area contributed by atoms with Gasteiger partial charge in [-0.2, -0.15) is 4.98 Å². The third-order valence-electron chi connectivity index (χ3n) is 3.28. The number of nitrogens with one attached hydrogen (secondary N) is 1. The Labute approximate surface area is 142 Å². The molecule has 0 aliphatic rings. The van der Waals surface area contributed by atoms with Crippen molar-refractivity contribution in [2.75, 3.05) is 5.75 Å². The summed E-state index contributed by atoms with van der Waals surface area (Å²) in [6.07, 6.45) is 0. The minimum absolute atomic E-state index is 0.0173.